The topological polar surface area (TPSA) is 70.8 Å². The number of benzene rings is 1. The van der Waals surface area contributed by atoms with E-state index in [4.69, 9.17) is 18.7 Å². The van der Waals surface area contributed by atoms with Crippen LogP contribution >= 0.6 is 0 Å². The van der Waals surface area contributed by atoms with Gasteiger partial charge < -0.3 is 18.7 Å². The summed E-state index contributed by atoms with van der Waals surface area (Å²) < 4.78 is 20.7. The third kappa shape index (κ3) is 2.99. The molecule has 0 aliphatic rings. The van der Waals surface area contributed by atoms with Crippen LogP contribution in [0.4, 0.5) is 0 Å². The van der Waals surface area contributed by atoms with Gasteiger partial charge in [-0.1, -0.05) is 11.2 Å². The molecule has 0 saturated carbocycles. The lowest BCUT2D eigenvalue weighted by molar-refractivity contribution is 0.0463. The summed E-state index contributed by atoms with van der Waals surface area (Å²) in [7, 11) is 2.97. The number of hydrogen-bond acceptors (Lipinski definition) is 6. The van der Waals surface area contributed by atoms with Crippen molar-refractivity contribution < 1.29 is 23.5 Å². The van der Waals surface area contributed by atoms with Gasteiger partial charge >= 0.3 is 5.97 Å². The van der Waals surface area contributed by atoms with Crippen LogP contribution in [0.1, 0.15) is 27.4 Å². The molecule has 0 aliphatic heterocycles. The summed E-state index contributed by atoms with van der Waals surface area (Å²) in [5.41, 5.74) is 1.72. The first kappa shape index (κ1) is 14.9. The maximum Gasteiger partial charge on any atom is 0.346 e. The molecule has 1 aromatic heterocycles. The number of hydrogen-bond donors (Lipinski definition) is 0. The first-order chi connectivity index (χ1) is 10.1. The lowest BCUT2D eigenvalue weighted by Crippen LogP contribution is -2.09. The van der Waals surface area contributed by atoms with Gasteiger partial charge in [0, 0.05) is 0 Å². The molecule has 2 aromatic rings. The van der Waals surface area contributed by atoms with Crippen LogP contribution < -0.4 is 9.47 Å². The highest BCUT2D eigenvalue weighted by Crippen LogP contribution is 2.29. The Morgan fingerprint density at radius 1 is 1.19 bits per heavy atom. The van der Waals surface area contributed by atoms with Crippen molar-refractivity contribution >= 4 is 5.97 Å². The summed E-state index contributed by atoms with van der Waals surface area (Å²) in [5.74, 6) is 0.910. The van der Waals surface area contributed by atoms with E-state index in [0.717, 1.165) is 5.56 Å². The molecule has 1 heterocycles. The molecular formula is C15H17NO5. The van der Waals surface area contributed by atoms with Crippen LogP contribution in [0.15, 0.2) is 22.7 Å². The van der Waals surface area contributed by atoms with Gasteiger partial charge in [-0.2, -0.15) is 0 Å². The number of aromatic nitrogens is 1. The second kappa shape index (κ2) is 6.30. The number of rotatable bonds is 5. The highest BCUT2D eigenvalue weighted by atomic mass is 16.5. The van der Waals surface area contributed by atoms with E-state index in [0.29, 0.717) is 23.0 Å². The first-order valence-electron chi connectivity index (χ1n) is 6.38. The Bertz CT molecular complexity index is 606. The molecule has 0 amide bonds. The summed E-state index contributed by atoms with van der Waals surface area (Å²) in [5, 5.41) is 3.82. The summed E-state index contributed by atoms with van der Waals surface area (Å²) in [4.78, 5) is 12.3. The quantitative estimate of drug-likeness (QED) is 0.789. The summed E-state index contributed by atoms with van der Waals surface area (Å²) in [6.07, 6.45) is 0. The predicted octanol–water partition coefficient (Wildman–Crippen LogP) is 2.67. The van der Waals surface area contributed by atoms with Gasteiger partial charge in [-0.05, 0) is 26.0 Å². The molecule has 2 rings (SSSR count). The normalized spacial score (nSPS) is 10.3. The third-order valence-corrected chi connectivity index (χ3v) is 3.16. The smallest absolute Gasteiger partial charge is 0.346 e. The largest absolute Gasteiger partial charge is 0.496 e. The first-order valence-corrected chi connectivity index (χ1v) is 6.38. The molecule has 0 unspecified atom stereocenters. The Morgan fingerprint density at radius 3 is 2.29 bits per heavy atom. The highest BCUT2D eigenvalue weighted by molar-refractivity contribution is 5.95. The lowest BCUT2D eigenvalue weighted by atomic mass is 10.1. The van der Waals surface area contributed by atoms with Gasteiger partial charge in [0.15, 0.2) is 0 Å². The number of methoxy groups -OCH3 is 2. The molecule has 1 aromatic carbocycles. The van der Waals surface area contributed by atoms with Gasteiger partial charge in [-0.25, -0.2) is 4.79 Å². The fraction of sp³-hybridized carbons (Fsp3) is 0.333. The molecule has 0 aliphatic carbocycles. The Morgan fingerprint density at radius 2 is 1.81 bits per heavy atom. The number of esters is 1. The van der Waals surface area contributed by atoms with Crippen molar-refractivity contribution in [2.45, 2.75) is 20.5 Å². The van der Waals surface area contributed by atoms with Crippen LogP contribution in [-0.2, 0) is 11.3 Å². The van der Waals surface area contributed by atoms with E-state index >= 15 is 0 Å². The molecule has 0 N–H and O–H groups in total. The molecule has 0 spiro atoms. The van der Waals surface area contributed by atoms with Crippen molar-refractivity contribution in [2.75, 3.05) is 14.2 Å². The molecule has 6 heteroatoms. The van der Waals surface area contributed by atoms with Crippen molar-refractivity contribution in [3.63, 3.8) is 0 Å². The van der Waals surface area contributed by atoms with Crippen LogP contribution in [0.2, 0.25) is 0 Å². The average Bonchev–Trinajstić information content (AvgIpc) is 2.82. The number of aryl methyl sites for hydroxylation is 2. The molecule has 0 fully saturated rings. The van der Waals surface area contributed by atoms with Gasteiger partial charge in [0.2, 0.25) is 0 Å². The van der Waals surface area contributed by atoms with Crippen molar-refractivity contribution in [3.05, 3.63) is 40.8 Å². The van der Waals surface area contributed by atoms with Crippen molar-refractivity contribution in [3.8, 4) is 11.5 Å². The van der Waals surface area contributed by atoms with Crippen molar-refractivity contribution in [1.82, 2.24) is 5.16 Å². The standard InChI is InChI=1S/C15H17NO5/c1-9-11(10(2)21-16-9)8-20-15(17)14-12(18-3)6-5-7-13(14)19-4/h5-7H,8H2,1-4H3. The van der Waals surface area contributed by atoms with E-state index in [1.165, 1.54) is 14.2 Å². The molecule has 21 heavy (non-hydrogen) atoms. The van der Waals surface area contributed by atoms with Crippen molar-refractivity contribution in [1.29, 1.82) is 0 Å². The fourth-order valence-corrected chi connectivity index (χ4v) is 1.97. The molecule has 6 nitrogen and oxygen atoms in total. The zero-order chi connectivity index (χ0) is 15.4. The van der Waals surface area contributed by atoms with Gasteiger partial charge in [0.25, 0.3) is 0 Å². The van der Waals surface area contributed by atoms with E-state index in [2.05, 4.69) is 5.16 Å². The summed E-state index contributed by atoms with van der Waals surface area (Å²) in [6, 6.07) is 5.09. The maximum atomic E-state index is 12.3. The maximum absolute atomic E-state index is 12.3. The summed E-state index contributed by atoms with van der Waals surface area (Å²) >= 11 is 0. The Kier molecular flexibility index (Phi) is 4.47. The Hall–Kier alpha value is -2.50. The van der Waals surface area contributed by atoms with Crippen LogP contribution in [0.5, 0.6) is 11.5 Å². The predicted molar refractivity (Wildman–Crippen MR) is 74.6 cm³/mol. The van der Waals surface area contributed by atoms with Gasteiger partial charge in [-0.3, -0.25) is 0 Å². The molecule has 0 saturated heterocycles. The molecular weight excluding hydrogens is 274 g/mol. The molecule has 0 bridgehead atoms. The van der Waals surface area contributed by atoms with Gasteiger partial charge in [0.1, 0.15) is 29.4 Å². The minimum atomic E-state index is -0.524. The minimum absolute atomic E-state index is 0.0845. The second-order valence-corrected chi connectivity index (χ2v) is 4.42. The SMILES string of the molecule is COc1cccc(OC)c1C(=O)OCc1c(C)noc1C. The number of carbonyl (C=O) groups excluding carboxylic acids is 1. The van der Waals surface area contributed by atoms with E-state index in [9.17, 15) is 4.79 Å². The van der Waals surface area contributed by atoms with Crippen molar-refractivity contribution in [2.24, 2.45) is 0 Å². The van der Waals surface area contributed by atoms with Gasteiger partial charge in [0.05, 0.1) is 25.5 Å². The monoisotopic (exact) mass is 291 g/mol. The van der Waals surface area contributed by atoms with Crippen LogP contribution in [-0.4, -0.2) is 25.3 Å². The minimum Gasteiger partial charge on any atom is -0.496 e. The molecule has 112 valence electrons. The Balaban J connectivity index is 2.21. The highest BCUT2D eigenvalue weighted by Gasteiger charge is 2.21. The Labute approximate surface area is 122 Å². The number of ether oxygens (including phenoxy) is 3. The zero-order valence-corrected chi connectivity index (χ0v) is 12.4. The molecule has 0 atom stereocenters. The van der Waals surface area contributed by atoms with E-state index in [1.54, 1.807) is 32.0 Å². The zero-order valence-electron chi connectivity index (χ0n) is 12.4. The lowest BCUT2D eigenvalue weighted by Gasteiger charge is -2.12. The van der Waals surface area contributed by atoms with E-state index in [1.807, 2.05) is 0 Å². The molecule has 0 radical (unpaired) electrons. The summed E-state index contributed by atoms with van der Waals surface area (Å²) in [6.45, 7) is 3.65. The third-order valence-electron chi connectivity index (χ3n) is 3.16. The van der Waals surface area contributed by atoms with E-state index in [-0.39, 0.29) is 12.2 Å². The van der Waals surface area contributed by atoms with Crippen LogP contribution in [0.3, 0.4) is 0 Å². The second-order valence-electron chi connectivity index (χ2n) is 4.42. The average molecular weight is 291 g/mol. The van der Waals surface area contributed by atoms with E-state index < -0.39 is 5.97 Å². The number of nitrogens with zero attached hydrogens (tertiary/aromatic N) is 1. The van der Waals surface area contributed by atoms with Crippen LogP contribution in [0, 0.1) is 13.8 Å². The number of carbonyl (C=O) groups is 1. The van der Waals surface area contributed by atoms with Crippen LogP contribution in [0.25, 0.3) is 0 Å². The van der Waals surface area contributed by atoms with Gasteiger partial charge in [-0.15, -0.1) is 0 Å². The fourth-order valence-electron chi connectivity index (χ4n) is 1.97.